The molecule has 0 spiro atoms. The highest BCUT2D eigenvalue weighted by Crippen LogP contribution is 2.16. The molecule has 1 aromatic carbocycles. The van der Waals surface area contributed by atoms with Crippen LogP contribution >= 0.6 is 0 Å². The van der Waals surface area contributed by atoms with Crippen LogP contribution in [-0.4, -0.2) is 25.7 Å². The summed E-state index contributed by atoms with van der Waals surface area (Å²) in [6.45, 7) is 0. The number of anilines is 1. The standard InChI is InChI=1S/C13H10N6O/c1-19-12(9(5-14)6-17-19)18-13(20)8-2-3-10-11(4-8)16-7-15-10/h2-4,6-7H,1H3,(H,15,16)(H,18,20). The second-order valence-electron chi connectivity index (χ2n) is 4.23. The van der Waals surface area contributed by atoms with Gasteiger partial charge < -0.3 is 10.3 Å². The maximum atomic E-state index is 12.2. The van der Waals surface area contributed by atoms with Gasteiger partial charge in [-0.3, -0.25) is 9.48 Å². The predicted octanol–water partition coefficient (Wildman–Crippen LogP) is 1.42. The van der Waals surface area contributed by atoms with E-state index in [1.165, 1.54) is 10.9 Å². The Morgan fingerprint density at radius 3 is 3.15 bits per heavy atom. The fourth-order valence-corrected chi connectivity index (χ4v) is 1.92. The van der Waals surface area contributed by atoms with Crippen molar-refractivity contribution < 1.29 is 4.79 Å². The number of carbonyl (C=O) groups is 1. The van der Waals surface area contributed by atoms with E-state index in [-0.39, 0.29) is 5.91 Å². The number of fused-ring (bicyclic) bond motifs is 1. The molecule has 2 N–H and O–H groups in total. The Kier molecular flexibility index (Phi) is 2.69. The zero-order valence-corrected chi connectivity index (χ0v) is 10.6. The minimum Gasteiger partial charge on any atom is -0.345 e. The van der Waals surface area contributed by atoms with E-state index in [0.717, 1.165) is 11.0 Å². The highest BCUT2D eigenvalue weighted by molar-refractivity contribution is 6.06. The number of amides is 1. The summed E-state index contributed by atoms with van der Waals surface area (Å²) in [6, 6.07) is 7.13. The average Bonchev–Trinajstić information content (AvgIpc) is 3.05. The van der Waals surface area contributed by atoms with E-state index in [9.17, 15) is 4.79 Å². The van der Waals surface area contributed by atoms with Crippen LogP contribution in [0.15, 0.2) is 30.7 Å². The molecule has 2 heterocycles. The Labute approximate surface area is 113 Å². The lowest BCUT2D eigenvalue weighted by Crippen LogP contribution is -2.15. The van der Waals surface area contributed by atoms with Crippen molar-refractivity contribution in [1.29, 1.82) is 5.26 Å². The second-order valence-corrected chi connectivity index (χ2v) is 4.23. The number of H-pyrrole nitrogens is 1. The van der Waals surface area contributed by atoms with E-state index in [4.69, 9.17) is 5.26 Å². The van der Waals surface area contributed by atoms with E-state index in [0.29, 0.717) is 16.9 Å². The molecule has 0 fully saturated rings. The quantitative estimate of drug-likeness (QED) is 0.732. The first-order valence-corrected chi connectivity index (χ1v) is 5.85. The van der Waals surface area contributed by atoms with Crippen molar-refractivity contribution >= 4 is 22.8 Å². The molecule has 7 nitrogen and oxygen atoms in total. The monoisotopic (exact) mass is 266 g/mol. The molecule has 0 saturated heterocycles. The molecule has 0 saturated carbocycles. The summed E-state index contributed by atoms with van der Waals surface area (Å²) in [5.74, 6) is 0.0730. The summed E-state index contributed by atoms with van der Waals surface area (Å²) in [5, 5.41) is 15.6. The van der Waals surface area contributed by atoms with Crippen molar-refractivity contribution in [2.24, 2.45) is 7.05 Å². The molecule has 0 aliphatic heterocycles. The van der Waals surface area contributed by atoms with E-state index >= 15 is 0 Å². The molecule has 3 aromatic rings. The highest BCUT2D eigenvalue weighted by atomic mass is 16.1. The first-order chi connectivity index (χ1) is 9.69. The first-order valence-electron chi connectivity index (χ1n) is 5.85. The van der Waals surface area contributed by atoms with E-state index in [1.54, 1.807) is 31.6 Å². The Morgan fingerprint density at radius 1 is 1.50 bits per heavy atom. The lowest BCUT2D eigenvalue weighted by atomic mass is 10.2. The number of aromatic nitrogens is 4. The van der Waals surface area contributed by atoms with Crippen LogP contribution in [0.4, 0.5) is 5.82 Å². The minimum absolute atomic E-state index is 0.304. The smallest absolute Gasteiger partial charge is 0.256 e. The van der Waals surface area contributed by atoms with Gasteiger partial charge in [0, 0.05) is 12.6 Å². The number of imidazole rings is 1. The van der Waals surface area contributed by atoms with Crippen LogP contribution in [0.2, 0.25) is 0 Å². The zero-order valence-electron chi connectivity index (χ0n) is 10.6. The molecule has 1 amide bonds. The molecule has 98 valence electrons. The summed E-state index contributed by atoms with van der Waals surface area (Å²) in [5.41, 5.74) is 2.37. The second kappa shape index (κ2) is 4.51. The highest BCUT2D eigenvalue weighted by Gasteiger charge is 2.13. The largest absolute Gasteiger partial charge is 0.345 e. The van der Waals surface area contributed by atoms with Crippen LogP contribution < -0.4 is 5.32 Å². The third-order valence-corrected chi connectivity index (χ3v) is 2.97. The summed E-state index contributed by atoms with van der Waals surface area (Å²) in [4.78, 5) is 19.2. The number of hydrogen-bond donors (Lipinski definition) is 2. The third kappa shape index (κ3) is 1.89. The fraction of sp³-hybridized carbons (Fsp3) is 0.0769. The number of aromatic amines is 1. The zero-order chi connectivity index (χ0) is 14.1. The molecular weight excluding hydrogens is 256 g/mol. The normalized spacial score (nSPS) is 10.4. The van der Waals surface area contributed by atoms with E-state index in [1.807, 2.05) is 6.07 Å². The lowest BCUT2D eigenvalue weighted by Gasteiger charge is -2.06. The molecule has 0 unspecified atom stereocenters. The van der Waals surface area contributed by atoms with Crippen molar-refractivity contribution in [3.05, 3.63) is 41.9 Å². The number of nitrogens with zero attached hydrogens (tertiary/aromatic N) is 4. The van der Waals surface area contributed by atoms with Crippen LogP contribution in [0.5, 0.6) is 0 Å². The molecule has 0 bridgehead atoms. The lowest BCUT2D eigenvalue weighted by molar-refractivity contribution is 0.102. The van der Waals surface area contributed by atoms with E-state index < -0.39 is 0 Å². The van der Waals surface area contributed by atoms with Crippen molar-refractivity contribution in [2.45, 2.75) is 0 Å². The van der Waals surface area contributed by atoms with E-state index in [2.05, 4.69) is 20.4 Å². The van der Waals surface area contributed by atoms with Gasteiger partial charge in [0.05, 0.1) is 23.6 Å². The number of carbonyl (C=O) groups excluding carboxylic acids is 1. The molecule has 0 atom stereocenters. The molecule has 7 heteroatoms. The fourth-order valence-electron chi connectivity index (χ4n) is 1.92. The van der Waals surface area contributed by atoms with Crippen LogP contribution in [0, 0.1) is 11.3 Å². The molecule has 0 radical (unpaired) electrons. The number of nitriles is 1. The van der Waals surface area contributed by atoms with Gasteiger partial charge in [0.1, 0.15) is 17.5 Å². The number of hydrogen-bond acceptors (Lipinski definition) is 4. The van der Waals surface area contributed by atoms with Gasteiger partial charge in [0.25, 0.3) is 5.91 Å². The van der Waals surface area contributed by atoms with Gasteiger partial charge >= 0.3 is 0 Å². The number of nitrogens with one attached hydrogen (secondary N) is 2. The number of benzene rings is 1. The van der Waals surface area contributed by atoms with Crippen molar-refractivity contribution in [3.8, 4) is 6.07 Å². The summed E-state index contributed by atoms with van der Waals surface area (Å²) in [7, 11) is 1.66. The Hall–Kier alpha value is -3.14. The Morgan fingerprint density at radius 2 is 2.35 bits per heavy atom. The summed E-state index contributed by atoms with van der Waals surface area (Å²) >= 11 is 0. The van der Waals surface area contributed by atoms with Gasteiger partial charge in [-0.1, -0.05) is 0 Å². The van der Waals surface area contributed by atoms with Crippen molar-refractivity contribution in [1.82, 2.24) is 19.7 Å². The molecular formula is C13H10N6O. The van der Waals surface area contributed by atoms with Gasteiger partial charge in [0.15, 0.2) is 0 Å². The van der Waals surface area contributed by atoms with Gasteiger partial charge in [-0.2, -0.15) is 10.4 Å². The molecule has 2 aromatic heterocycles. The molecule has 0 aliphatic rings. The average molecular weight is 266 g/mol. The Balaban J connectivity index is 1.92. The van der Waals surface area contributed by atoms with Crippen LogP contribution in [-0.2, 0) is 7.05 Å². The molecule has 0 aliphatic carbocycles. The number of rotatable bonds is 2. The van der Waals surface area contributed by atoms with Crippen LogP contribution in [0.3, 0.4) is 0 Å². The maximum absolute atomic E-state index is 12.2. The van der Waals surface area contributed by atoms with Gasteiger partial charge in [-0.05, 0) is 18.2 Å². The number of aryl methyl sites for hydroxylation is 1. The SMILES string of the molecule is Cn1ncc(C#N)c1NC(=O)c1ccc2nc[nH]c2c1. The van der Waals surface area contributed by atoms with Gasteiger partial charge in [0.2, 0.25) is 0 Å². The van der Waals surface area contributed by atoms with Gasteiger partial charge in [-0.15, -0.1) is 0 Å². The maximum Gasteiger partial charge on any atom is 0.256 e. The van der Waals surface area contributed by atoms with Crippen LogP contribution in [0.25, 0.3) is 11.0 Å². The molecule has 3 rings (SSSR count). The summed E-state index contributed by atoms with van der Waals surface area (Å²) in [6.07, 6.45) is 2.98. The van der Waals surface area contributed by atoms with Gasteiger partial charge in [-0.25, -0.2) is 4.98 Å². The minimum atomic E-state index is -0.304. The van der Waals surface area contributed by atoms with Crippen LogP contribution in [0.1, 0.15) is 15.9 Å². The Bertz CT molecular complexity index is 838. The summed E-state index contributed by atoms with van der Waals surface area (Å²) < 4.78 is 1.45. The van der Waals surface area contributed by atoms with Crippen molar-refractivity contribution in [2.75, 3.05) is 5.32 Å². The van der Waals surface area contributed by atoms with Crippen molar-refractivity contribution in [3.63, 3.8) is 0 Å². The third-order valence-electron chi connectivity index (χ3n) is 2.97. The topological polar surface area (TPSA) is 99.4 Å². The predicted molar refractivity (Wildman–Crippen MR) is 72.0 cm³/mol. The molecule has 20 heavy (non-hydrogen) atoms. The first kappa shape index (κ1) is 11.9.